The molecule has 0 rings (SSSR count). The van der Waals surface area contributed by atoms with Gasteiger partial charge in [-0.1, -0.05) is 18.1 Å². The zero-order chi connectivity index (χ0) is 9.56. The van der Waals surface area contributed by atoms with Crippen molar-refractivity contribution in [2.24, 2.45) is 0 Å². The van der Waals surface area contributed by atoms with Gasteiger partial charge in [0.05, 0.1) is 0 Å². The van der Waals surface area contributed by atoms with Crippen molar-refractivity contribution >= 4 is 0 Å². The van der Waals surface area contributed by atoms with Crippen LogP contribution in [0.2, 0.25) is 0 Å². The summed E-state index contributed by atoms with van der Waals surface area (Å²) in [6.45, 7) is 6.44. The molecule has 0 saturated carbocycles. The zero-order valence-corrected chi connectivity index (χ0v) is 8.81. The molecule has 2 heteroatoms. The van der Waals surface area contributed by atoms with E-state index in [2.05, 4.69) is 20.8 Å². The molecule has 72 valence electrons. The van der Waals surface area contributed by atoms with E-state index in [-0.39, 0.29) is 6.29 Å². The Morgan fingerprint density at radius 2 is 1.58 bits per heavy atom. The van der Waals surface area contributed by atoms with E-state index in [0.717, 1.165) is 12.8 Å². The quantitative estimate of drug-likeness (QED) is 0.469. The molecule has 0 unspecified atom stereocenters. The molecule has 2 nitrogen and oxygen atoms in total. The summed E-state index contributed by atoms with van der Waals surface area (Å²) in [5.74, 6) is 0. The van der Waals surface area contributed by atoms with Gasteiger partial charge in [-0.05, 0) is 20.3 Å². The van der Waals surface area contributed by atoms with E-state index >= 15 is 0 Å². The first-order chi connectivity index (χ1) is 5.65. The maximum Gasteiger partial charge on any atom is 0.160 e. The van der Waals surface area contributed by atoms with E-state index in [4.69, 9.17) is 9.47 Å². The predicted octanol–water partition coefficient (Wildman–Crippen LogP) is 2.74. The molecule has 0 aromatic carbocycles. The molecule has 0 aliphatic heterocycles. The van der Waals surface area contributed by atoms with Crippen molar-refractivity contribution in [3.05, 3.63) is 11.1 Å². The van der Waals surface area contributed by atoms with Crippen molar-refractivity contribution < 1.29 is 9.47 Å². The summed E-state index contributed by atoms with van der Waals surface area (Å²) in [5.41, 5.74) is 2.79. The fourth-order valence-electron chi connectivity index (χ4n) is 0.989. The molecular weight excluding hydrogens is 152 g/mol. The van der Waals surface area contributed by atoms with Gasteiger partial charge in [-0.25, -0.2) is 0 Å². The van der Waals surface area contributed by atoms with Crippen LogP contribution >= 0.6 is 0 Å². The van der Waals surface area contributed by atoms with Crippen LogP contribution in [0.5, 0.6) is 0 Å². The Morgan fingerprint density at radius 1 is 1.08 bits per heavy atom. The second-order valence-corrected chi connectivity index (χ2v) is 3.02. The maximum atomic E-state index is 5.11. The van der Waals surface area contributed by atoms with Crippen molar-refractivity contribution in [2.75, 3.05) is 14.2 Å². The van der Waals surface area contributed by atoms with E-state index in [0.29, 0.717) is 0 Å². The van der Waals surface area contributed by atoms with Crippen LogP contribution in [0.15, 0.2) is 11.1 Å². The molecule has 0 N–H and O–H groups in total. The van der Waals surface area contributed by atoms with Gasteiger partial charge in [0, 0.05) is 20.6 Å². The van der Waals surface area contributed by atoms with E-state index in [1.807, 2.05) is 0 Å². The van der Waals surface area contributed by atoms with Crippen LogP contribution in [0.4, 0.5) is 0 Å². The van der Waals surface area contributed by atoms with Crippen molar-refractivity contribution in [1.29, 1.82) is 0 Å². The van der Waals surface area contributed by atoms with E-state index in [9.17, 15) is 0 Å². The van der Waals surface area contributed by atoms with Crippen molar-refractivity contribution in [1.82, 2.24) is 0 Å². The third-order valence-corrected chi connectivity index (χ3v) is 2.26. The number of hydrogen-bond acceptors (Lipinski definition) is 2. The lowest BCUT2D eigenvalue weighted by atomic mass is 10.1. The molecule has 0 heterocycles. The fraction of sp³-hybridized carbons (Fsp3) is 0.800. The van der Waals surface area contributed by atoms with Crippen LogP contribution in [-0.4, -0.2) is 20.5 Å². The van der Waals surface area contributed by atoms with E-state index in [1.54, 1.807) is 14.2 Å². The number of methoxy groups -OCH3 is 2. The largest absolute Gasteiger partial charge is 0.356 e. The molecular formula is C10H20O2. The summed E-state index contributed by atoms with van der Waals surface area (Å²) in [7, 11) is 3.34. The molecule has 0 fully saturated rings. The SMILES string of the molecule is CC/C(C)=C(/C)CC(OC)OC. The average Bonchev–Trinajstić information content (AvgIpc) is 2.12. The van der Waals surface area contributed by atoms with Crippen LogP contribution in [0.25, 0.3) is 0 Å². The second kappa shape index (κ2) is 6.21. The van der Waals surface area contributed by atoms with Crippen LogP contribution in [0.3, 0.4) is 0 Å². The summed E-state index contributed by atoms with van der Waals surface area (Å²) in [4.78, 5) is 0. The Labute approximate surface area is 75.6 Å². The summed E-state index contributed by atoms with van der Waals surface area (Å²) < 4.78 is 10.2. The molecule has 0 bridgehead atoms. The molecule has 12 heavy (non-hydrogen) atoms. The molecule has 0 atom stereocenters. The van der Waals surface area contributed by atoms with Gasteiger partial charge < -0.3 is 9.47 Å². The topological polar surface area (TPSA) is 18.5 Å². The van der Waals surface area contributed by atoms with Gasteiger partial charge in [-0.15, -0.1) is 0 Å². The first kappa shape index (κ1) is 11.7. The van der Waals surface area contributed by atoms with Gasteiger partial charge in [0.1, 0.15) is 0 Å². The summed E-state index contributed by atoms with van der Waals surface area (Å²) in [6.07, 6.45) is 1.88. The number of hydrogen-bond donors (Lipinski definition) is 0. The first-order valence-electron chi connectivity index (χ1n) is 4.36. The minimum atomic E-state index is -0.0912. The Bertz CT molecular complexity index is 146. The first-order valence-corrected chi connectivity index (χ1v) is 4.36. The smallest absolute Gasteiger partial charge is 0.160 e. The molecule has 0 aromatic heterocycles. The number of allylic oxidation sites excluding steroid dienone is 1. The van der Waals surface area contributed by atoms with Gasteiger partial charge in [0.25, 0.3) is 0 Å². The molecule has 0 spiro atoms. The molecule has 0 aliphatic carbocycles. The van der Waals surface area contributed by atoms with Crippen LogP contribution in [-0.2, 0) is 9.47 Å². The lowest BCUT2D eigenvalue weighted by molar-refractivity contribution is -0.100. The molecule has 0 saturated heterocycles. The van der Waals surface area contributed by atoms with Crippen molar-refractivity contribution in [3.8, 4) is 0 Å². The lowest BCUT2D eigenvalue weighted by Crippen LogP contribution is -2.13. The number of ether oxygens (including phenoxy) is 2. The highest BCUT2D eigenvalue weighted by Crippen LogP contribution is 2.14. The normalized spacial score (nSPS) is 13.5. The Balaban J connectivity index is 4.05. The highest BCUT2D eigenvalue weighted by atomic mass is 16.7. The monoisotopic (exact) mass is 172 g/mol. The molecule has 0 radical (unpaired) electrons. The minimum Gasteiger partial charge on any atom is -0.356 e. The Kier molecular flexibility index (Phi) is 6.03. The Morgan fingerprint density at radius 3 is 1.92 bits per heavy atom. The molecule has 0 aliphatic rings. The maximum absolute atomic E-state index is 5.11. The third kappa shape index (κ3) is 3.88. The highest BCUT2D eigenvalue weighted by Gasteiger charge is 2.06. The van der Waals surface area contributed by atoms with Crippen LogP contribution in [0.1, 0.15) is 33.6 Å². The van der Waals surface area contributed by atoms with Crippen molar-refractivity contribution in [3.63, 3.8) is 0 Å². The standard InChI is InChI=1S/C10H20O2/c1-6-8(2)9(3)7-10(11-4)12-5/h10H,6-7H2,1-5H3/b9-8-. The fourth-order valence-corrected chi connectivity index (χ4v) is 0.989. The summed E-state index contributed by atoms with van der Waals surface area (Å²) in [6, 6.07) is 0. The van der Waals surface area contributed by atoms with Gasteiger partial charge >= 0.3 is 0 Å². The molecule has 0 amide bonds. The summed E-state index contributed by atoms with van der Waals surface area (Å²) >= 11 is 0. The summed E-state index contributed by atoms with van der Waals surface area (Å²) in [5, 5.41) is 0. The zero-order valence-electron chi connectivity index (χ0n) is 8.81. The second-order valence-electron chi connectivity index (χ2n) is 3.02. The van der Waals surface area contributed by atoms with Crippen LogP contribution < -0.4 is 0 Å². The lowest BCUT2D eigenvalue weighted by Gasteiger charge is -2.14. The minimum absolute atomic E-state index is 0.0912. The van der Waals surface area contributed by atoms with Gasteiger partial charge in [0.15, 0.2) is 6.29 Å². The number of rotatable bonds is 5. The van der Waals surface area contributed by atoms with Crippen LogP contribution in [0, 0.1) is 0 Å². The third-order valence-electron chi connectivity index (χ3n) is 2.26. The highest BCUT2D eigenvalue weighted by molar-refractivity contribution is 5.09. The Hall–Kier alpha value is -0.340. The predicted molar refractivity (Wildman–Crippen MR) is 51.1 cm³/mol. The van der Waals surface area contributed by atoms with E-state index < -0.39 is 0 Å². The van der Waals surface area contributed by atoms with Gasteiger partial charge in [0.2, 0.25) is 0 Å². The van der Waals surface area contributed by atoms with Gasteiger partial charge in [-0.2, -0.15) is 0 Å². The molecule has 0 aromatic rings. The van der Waals surface area contributed by atoms with E-state index in [1.165, 1.54) is 11.1 Å². The average molecular weight is 172 g/mol. The van der Waals surface area contributed by atoms with Crippen molar-refractivity contribution in [2.45, 2.75) is 39.9 Å². The van der Waals surface area contributed by atoms with Gasteiger partial charge in [-0.3, -0.25) is 0 Å².